The molecule has 0 N–H and O–H groups in total. The van der Waals surface area contributed by atoms with Crippen molar-refractivity contribution in [2.24, 2.45) is 0 Å². The Morgan fingerprint density at radius 1 is 1.14 bits per heavy atom. The van der Waals surface area contributed by atoms with Gasteiger partial charge in [-0.3, -0.25) is 0 Å². The van der Waals surface area contributed by atoms with E-state index in [-0.39, 0.29) is 18.3 Å². The molecule has 22 heavy (non-hydrogen) atoms. The van der Waals surface area contributed by atoms with Crippen LogP contribution in [0.4, 0.5) is 8.78 Å². The smallest absolute Gasteiger partial charge is 0.231 e. The van der Waals surface area contributed by atoms with E-state index in [9.17, 15) is 8.78 Å². The molecule has 0 amide bonds. The maximum absolute atomic E-state index is 14.3. The topological polar surface area (TPSA) is 31.4 Å². The van der Waals surface area contributed by atoms with Gasteiger partial charge in [-0.1, -0.05) is 22.4 Å². The Bertz CT molecular complexity index is 793. The molecule has 2 aromatic rings. The molecule has 1 saturated carbocycles. The Balaban J connectivity index is 2.18. The zero-order valence-corrected chi connectivity index (χ0v) is 14.6. The molecule has 5 rings (SSSR count). The van der Waals surface area contributed by atoms with Crippen molar-refractivity contribution in [2.75, 3.05) is 6.79 Å². The monoisotopic (exact) mass is 433 g/mol. The van der Waals surface area contributed by atoms with Gasteiger partial charge in [0.15, 0.2) is 11.5 Å². The summed E-state index contributed by atoms with van der Waals surface area (Å²) in [7, 11) is 0. The summed E-state index contributed by atoms with van der Waals surface area (Å²) < 4.78 is 39.6. The standard InChI is InChI=1S/C15H11Br2F2NO2/c16-4-7-8(6-2-1-3-6)9-12(20-15(7)17)14-11(19)10(18)13(9)21-5-22-14/h6H,1-5H2. The Morgan fingerprint density at radius 2 is 1.82 bits per heavy atom. The molecule has 0 saturated heterocycles. The predicted molar refractivity (Wildman–Crippen MR) is 84.7 cm³/mol. The van der Waals surface area contributed by atoms with Gasteiger partial charge < -0.3 is 9.47 Å². The molecule has 1 fully saturated rings. The summed E-state index contributed by atoms with van der Waals surface area (Å²) in [6.07, 6.45) is 3.19. The molecule has 0 radical (unpaired) electrons. The van der Waals surface area contributed by atoms with Crippen LogP contribution in [0.2, 0.25) is 0 Å². The number of fused-ring (bicyclic) bond motifs is 3. The van der Waals surface area contributed by atoms with Gasteiger partial charge in [0.1, 0.15) is 10.1 Å². The SMILES string of the molecule is Fc1c(F)c2c3c(C4CCC4)c(CBr)c(Br)nc3c1OCO2. The highest BCUT2D eigenvalue weighted by Crippen LogP contribution is 2.50. The van der Waals surface area contributed by atoms with Crippen LogP contribution in [0.3, 0.4) is 0 Å². The lowest BCUT2D eigenvalue weighted by molar-refractivity contribution is 0.125. The summed E-state index contributed by atoms with van der Waals surface area (Å²) in [5.41, 5.74) is 2.27. The average Bonchev–Trinajstić information content (AvgIpc) is 2.70. The van der Waals surface area contributed by atoms with Gasteiger partial charge in [0, 0.05) is 5.33 Å². The van der Waals surface area contributed by atoms with Crippen LogP contribution in [-0.2, 0) is 5.33 Å². The van der Waals surface area contributed by atoms with Crippen LogP contribution in [-0.4, -0.2) is 11.8 Å². The number of rotatable bonds is 2. The lowest BCUT2D eigenvalue weighted by atomic mass is 9.77. The number of ether oxygens (including phenoxy) is 2. The Morgan fingerprint density at radius 3 is 2.45 bits per heavy atom. The molecule has 7 heteroatoms. The lowest BCUT2D eigenvalue weighted by Gasteiger charge is -2.29. The highest BCUT2D eigenvalue weighted by molar-refractivity contribution is 9.10. The second-order valence-corrected chi connectivity index (χ2v) is 6.78. The second-order valence-electron chi connectivity index (χ2n) is 5.47. The normalized spacial score (nSPS) is 17.1. The molecule has 0 unspecified atom stereocenters. The zero-order chi connectivity index (χ0) is 15.4. The first-order valence-corrected chi connectivity index (χ1v) is 8.89. The van der Waals surface area contributed by atoms with Gasteiger partial charge in [-0.05, 0) is 45.8 Å². The van der Waals surface area contributed by atoms with Crippen molar-refractivity contribution < 1.29 is 18.3 Å². The minimum atomic E-state index is -1.04. The number of alkyl halides is 1. The molecular weight excluding hydrogens is 424 g/mol. The van der Waals surface area contributed by atoms with Gasteiger partial charge in [0.25, 0.3) is 0 Å². The van der Waals surface area contributed by atoms with Crippen LogP contribution in [0.1, 0.15) is 36.3 Å². The highest BCUT2D eigenvalue weighted by atomic mass is 79.9. The predicted octanol–water partition coefficient (Wildman–Crippen LogP) is 5.17. The highest BCUT2D eigenvalue weighted by Gasteiger charge is 2.34. The number of pyridine rings is 1. The first-order valence-electron chi connectivity index (χ1n) is 6.98. The van der Waals surface area contributed by atoms with Crippen molar-refractivity contribution in [2.45, 2.75) is 30.5 Å². The average molecular weight is 435 g/mol. The van der Waals surface area contributed by atoms with Crippen LogP contribution in [0, 0.1) is 11.6 Å². The van der Waals surface area contributed by atoms with E-state index >= 15 is 0 Å². The summed E-state index contributed by atoms with van der Waals surface area (Å²) in [4.78, 5) is 4.40. The minimum absolute atomic E-state index is 0.0853. The molecule has 0 atom stereocenters. The first kappa shape index (κ1) is 14.6. The molecule has 3 nitrogen and oxygen atoms in total. The van der Waals surface area contributed by atoms with E-state index in [0.717, 1.165) is 30.4 Å². The second kappa shape index (κ2) is 5.30. The number of hydrogen-bond donors (Lipinski definition) is 0. The van der Waals surface area contributed by atoms with E-state index in [4.69, 9.17) is 9.47 Å². The fourth-order valence-corrected chi connectivity index (χ4v) is 4.58. The van der Waals surface area contributed by atoms with Gasteiger partial charge >= 0.3 is 0 Å². The Kier molecular flexibility index (Phi) is 3.52. The maximum atomic E-state index is 14.3. The van der Waals surface area contributed by atoms with Crippen LogP contribution >= 0.6 is 31.9 Å². The molecule has 1 aromatic carbocycles. The van der Waals surface area contributed by atoms with Gasteiger partial charge in [0.05, 0.1) is 5.39 Å². The van der Waals surface area contributed by atoms with Crippen LogP contribution in [0.25, 0.3) is 10.9 Å². The van der Waals surface area contributed by atoms with Crippen LogP contribution in [0.5, 0.6) is 11.5 Å². The Hall–Kier alpha value is -0.950. The van der Waals surface area contributed by atoms with Crippen LogP contribution in [0.15, 0.2) is 4.60 Å². The molecule has 3 heterocycles. The summed E-state index contributed by atoms with van der Waals surface area (Å²) in [6, 6.07) is 0. The number of aromatic nitrogens is 1. The lowest BCUT2D eigenvalue weighted by Crippen LogP contribution is -2.13. The third-order valence-corrected chi connectivity index (χ3v) is 5.59. The molecular formula is C15H11Br2F2NO2. The van der Waals surface area contributed by atoms with Crippen molar-refractivity contribution in [1.82, 2.24) is 4.98 Å². The quantitative estimate of drug-likeness (QED) is 0.482. The van der Waals surface area contributed by atoms with Gasteiger partial charge in [0.2, 0.25) is 18.4 Å². The van der Waals surface area contributed by atoms with Crippen molar-refractivity contribution >= 4 is 42.8 Å². The third kappa shape index (κ3) is 1.91. The van der Waals surface area contributed by atoms with Crippen molar-refractivity contribution in [1.29, 1.82) is 0 Å². The fraction of sp³-hybridized carbons (Fsp3) is 0.400. The summed E-state index contributed by atoms with van der Waals surface area (Å²) >= 11 is 6.92. The number of halogens is 4. The summed E-state index contributed by atoms with van der Waals surface area (Å²) in [6.45, 7) is -0.215. The molecule has 2 bridgehead atoms. The minimum Gasteiger partial charge on any atom is -0.454 e. The summed E-state index contributed by atoms with van der Waals surface area (Å²) in [5.74, 6) is -1.97. The molecule has 0 spiro atoms. The van der Waals surface area contributed by atoms with Crippen molar-refractivity contribution in [3.8, 4) is 11.5 Å². The maximum Gasteiger partial charge on any atom is 0.231 e. The van der Waals surface area contributed by atoms with E-state index in [2.05, 4.69) is 36.8 Å². The zero-order valence-electron chi connectivity index (χ0n) is 11.4. The van der Waals surface area contributed by atoms with E-state index < -0.39 is 11.6 Å². The molecule has 1 aliphatic carbocycles. The largest absolute Gasteiger partial charge is 0.454 e. The van der Waals surface area contributed by atoms with Crippen molar-refractivity contribution in [3.63, 3.8) is 0 Å². The first-order chi connectivity index (χ1) is 10.6. The number of nitrogens with zero attached hydrogens (tertiary/aromatic N) is 1. The molecule has 3 aliphatic rings. The third-order valence-electron chi connectivity index (χ3n) is 4.38. The molecule has 116 valence electrons. The van der Waals surface area contributed by atoms with Gasteiger partial charge in [-0.25, -0.2) is 4.98 Å². The molecule has 1 aromatic heterocycles. The molecule has 2 aliphatic heterocycles. The number of hydrogen-bond acceptors (Lipinski definition) is 3. The summed E-state index contributed by atoms with van der Waals surface area (Å²) in [5, 5.41) is 1.13. The number of benzene rings is 1. The van der Waals surface area contributed by atoms with Crippen LogP contribution < -0.4 is 9.47 Å². The van der Waals surface area contributed by atoms with E-state index in [0.29, 0.717) is 26.8 Å². The van der Waals surface area contributed by atoms with E-state index in [1.165, 1.54) is 0 Å². The van der Waals surface area contributed by atoms with E-state index in [1.807, 2.05) is 0 Å². The van der Waals surface area contributed by atoms with Gasteiger partial charge in [-0.2, -0.15) is 8.78 Å². The Labute approximate surface area is 142 Å². The van der Waals surface area contributed by atoms with Gasteiger partial charge in [-0.15, -0.1) is 0 Å². The van der Waals surface area contributed by atoms with Crippen molar-refractivity contribution in [3.05, 3.63) is 27.4 Å². The fourth-order valence-electron chi connectivity index (χ4n) is 3.11. The van der Waals surface area contributed by atoms with E-state index in [1.54, 1.807) is 0 Å².